The van der Waals surface area contributed by atoms with Crippen LogP contribution in [0.3, 0.4) is 0 Å². The number of hydrogen-bond acceptors (Lipinski definition) is 7. The van der Waals surface area contributed by atoms with E-state index < -0.39 is 0 Å². The molecule has 0 aliphatic carbocycles. The molecule has 0 spiro atoms. The molecule has 1 atom stereocenters. The molecule has 4 rings (SSSR count). The lowest BCUT2D eigenvalue weighted by Crippen LogP contribution is -1.96. The van der Waals surface area contributed by atoms with Gasteiger partial charge in [-0.1, -0.05) is 49.0 Å². The SMILES string of the molecule is CC(C)c1noc(C(C)Sc2nc(-c3ccco3)nc3ccccc23)n1. The first-order valence-corrected chi connectivity index (χ1v) is 9.30. The second kappa shape index (κ2) is 6.92. The topological polar surface area (TPSA) is 77.8 Å². The fourth-order valence-electron chi connectivity index (χ4n) is 2.52. The molecule has 0 amide bonds. The molecule has 0 saturated carbocycles. The quantitative estimate of drug-likeness (QED) is 0.352. The number of rotatable bonds is 5. The van der Waals surface area contributed by atoms with Crippen LogP contribution in [0.5, 0.6) is 0 Å². The van der Waals surface area contributed by atoms with E-state index in [2.05, 4.69) is 15.1 Å². The highest BCUT2D eigenvalue weighted by Crippen LogP contribution is 2.37. The lowest BCUT2D eigenvalue weighted by Gasteiger charge is -2.10. The van der Waals surface area contributed by atoms with Gasteiger partial charge >= 0.3 is 0 Å². The van der Waals surface area contributed by atoms with E-state index in [0.717, 1.165) is 21.8 Å². The third kappa shape index (κ3) is 3.22. The highest BCUT2D eigenvalue weighted by Gasteiger charge is 2.20. The molecule has 132 valence electrons. The van der Waals surface area contributed by atoms with E-state index in [1.807, 2.05) is 57.2 Å². The zero-order valence-electron chi connectivity index (χ0n) is 14.7. The van der Waals surface area contributed by atoms with Crippen molar-refractivity contribution in [1.29, 1.82) is 0 Å². The second-order valence-corrected chi connectivity index (χ2v) is 7.58. The fraction of sp³-hybridized carbons (Fsp3) is 0.263. The molecule has 7 heteroatoms. The van der Waals surface area contributed by atoms with E-state index in [9.17, 15) is 0 Å². The Bertz CT molecular complexity index is 1030. The smallest absolute Gasteiger partial charge is 0.239 e. The van der Waals surface area contributed by atoms with Crippen molar-refractivity contribution >= 4 is 22.7 Å². The summed E-state index contributed by atoms with van der Waals surface area (Å²) in [5.74, 6) is 2.76. The minimum atomic E-state index is -0.0299. The zero-order chi connectivity index (χ0) is 18.1. The molecular weight excluding hydrogens is 348 g/mol. The van der Waals surface area contributed by atoms with Crippen LogP contribution in [0.4, 0.5) is 0 Å². The van der Waals surface area contributed by atoms with E-state index >= 15 is 0 Å². The molecule has 0 bridgehead atoms. The standard InChI is InChI=1S/C19H18N4O2S/c1-11(2)16-21-18(25-23-16)12(3)26-19-13-7-4-5-8-14(13)20-17(22-19)15-9-6-10-24-15/h4-12H,1-3H3. The number of furan rings is 1. The van der Waals surface area contributed by atoms with Gasteiger partial charge < -0.3 is 8.94 Å². The first-order valence-electron chi connectivity index (χ1n) is 8.42. The van der Waals surface area contributed by atoms with E-state index in [1.165, 1.54) is 0 Å². The summed E-state index contributed by atoms with van der Waals surface area (Å²) in [6.07, 6.45) is 1.62. The minimum absolute atomic E-state index is 0.0299. The lowest BCUT2D eigenvalue weighted by atomic mass is 10.2. The van der Waals surface area contributed by atoms with Crippen LogP contribution in [0.1, 0.15) is 43.7 Å². The van der Waals surface area contributed by atoms with Crippen LogP contribution in [0, 0.1) is 0 Å². The summed E-state index contributed by atoms with van der Waals surface area (Å²) in [4.78, 5) is 13.8. The maximum atomic E-state index is 5.47. The Morgan fingerprint density at radius 2 is 1.81 bits per heavy atom. The van der Waals surface area contributed by atoms with E-state index in [1.54, 1.807) is 18.0 Å². The van der Waals surface area contributed by atoms with Crippen molar-refractivity contribution in [2.45, 2.75) is 37.0 Å². The van der Waals surface area contributed by atoms with Gasteiger partial charge in [0.2, 0.25) is 5.89 Å². The van der Waals surface area contributed by atoms with Crippen LogP contribution in [0.25, 0.3) is 22.5 Å². The van der Waals surface area contributed by atoms with Gasteiger partial charge in [-0.25, -0.2) is 9.97 Å². The van der Waals surface area contributed by atoms with Crippen LogP contribution < -0.4 is 0 Å². The predicted molar refractivity (Wildman–Crippen MR) is 99.9 cm³/mol. The number of para-hydroxylation sites is 1. The van der Waals surface area contributed by atoms with Gasteiger partial charge in [0.25, 0.3) is 0 Å². The maximum absolute atomic E-state index is 5.47. The summed E-state index contributed by atoms with van der Waals surface area (Å²) in [6, 6.07) is 11.6. The maximum Gasteiger partial charge on any atom is 0.239 e. The Balaban J connectivity index is 1.72. The van der Waals surface area contributed by atoms with Crippen molar-refractivity contribution in [2.24, 2.45) is 0 Å². The molecule has 6 nitrogen and oxygen atoms in total. The van der Waals surface area contributed by atoms with Crippen molar-refractivity contribution < 1.29 is 8.94 Å². The highest BCUT2D eigenvalue weighted by molar-refractivity contribution is 7.99. The minimum Gasteiger partial charge on any atom is -0.461 e. The van der Waals surface area contributed by atoms with Gasteiger partial charge in [-0.3, -0.25) is 0 Å². The zero-order valence-corrected chi connectivity index (χ0v) is 15.5. The van der Waals surface area contributed by atoms with Crippen LogP contribution in [0.2, 0.25) is 0 Å². The van der Waals surface area contributed by atoms with Crippen LogP contribution in [0.15, 0.2) is 56.6 Å². The molecular formula is C19H18N4O2S. The molecule has 0 N–H and O–H groups in total. The van der Waals surface area contributed by atoms with Crippen molar-refractivity contribution in [2.75, 3.05) is 0 Å². The van der Waals surface area contributed by atoms with Crippen LogP contribution >= 0.6 is 11.8 Å². The average molecular weight is 366 g/mol. The van der Waals surface area contributed by atoms with Crippen molar-refractivity contribution in [3.63, 3.8) is 0 Å². The molecule has 4 aromatic rings. The summed E-state index contributed by atoms with van der Waals surface area (Å²) in [5.41, 5.74) is 0.872. The Kier molecular flexibility index (Phi) is 4.46. The molecule has 1 aromatic carbocycles. The monoisotopic (exact) mass is 366 g/mol. The van der Waals surface area contributed by atoms with Gasteiger partial charge in [-0.05, 0) is 25.1 Å². The summed E-state index contributed by atoms with van der Waals surface area (Å²) in [6.45, 7) is 6.12. The van der Waals surface area contributed by atoms with E-state index in [-0.39, 0.29) is 11.2 Å². The summed E-state index contributed by atoms with van der Waals surface area (Å²) in [7, 11) is 0. The van der Waals surface area contributed by atoms with Crippen LogP contribution in [-0.2, 0) is 0 Å². The molecule has 1 unspecified atom stereocenters. The van der Waals surface area contributed by atoms with Gasteiger partial charge in [0, 0.05) is 11.3 Å². The molecule has 3 heterocycles. The molecule has 26 heavy (non-hydrogen) atoms. The predicted octanol–water partition coefficient (Wildman–Crippen LogP) is 5.25. The Hall–Kier alpha value is -2.67. The molecule has 0 fully saturated rings. The molecule has 3 aromatic heterocycles. The normalized spacial score (nSPS) is 12.8. The second-order valence-electron chi connectivity index (χ2n) is 6.25. The van der Waals surface area contributed by atoms with E-state index in [4.69, 9.17) is 13.9 Å². The third-order valence-corrected chi connectivity index (χ3v) is 5.01. The molecule has 0 aliphatic rings. The van der Waals surface area contributed by atoms with E-state index in [0.29, 0.717) is 17.5 Å². The molecule has 0 aliphatic heterocycles. The van der Waals surface area contributed by atoms with Gasteiger partial charge in [0.05, 0.1) is 17.0 Å². The Morgan fingerprint density at radius 3 is 2.54 bits per heavy atom. The largest absolute Gasteiger partial charge is 0.461 e. The number of aromatic nitrogens is 4. The number of hydrogen-bond donors (Lipinski definition) is 0. The van der Waals surface area contributed by atoms with Gasteiger partial charge in [-0.15, -0.1) is 0 Å². The van der Waals surface area contributed by atoms with Crippen molar-refractivity contribution in [3.8, 4) is 11.6 Å². The van der Waals surface area contributed by atoms with Gasteiger partial charge in [0.15, 0.2) is 17.4 Å². The first kappa shape index (κ1) is 16.8. The van der Waals surface area contributed by atoms with Crippen LogP contribution in [-0.4, -0.2) is 20.1 Å². The number of nitrogens with zero attached hydrogens (tertiary/aromatic N) is 4. The fourth-order valence-corrected chi connectivity index (χ4v) is 3.49. The molecule has 0 saturated heterocycles. The summed E-state index contributed by atoms with van der Waals surface area (Å²) < 4.78 is 10.9. The van der Waals surface area contributed by atoms with Crippen molar-refractivity contribution in [3.05, 3.63) is 54.4 Å². The van der Waals surface area contributed by atoms with Gasteiger partial charge in [0.1, 0.15) is 5.03 Å². The van der Waals surface area contributed by atoms with Gasteiger partial charge in [-0.2, -0.15) is 4.98 Å². The number of benzene rings is 1. The third-order valence-electron chi connectivity index (χ3n) is 3.92. The Morgan fingerprint density at radius 1 is 0.962 bits per heavy atom. The summed E-state index contributed by atoms with van der Waals surface area (Å²) >= 11 is 1.57. The van der Waals surface area contributed by atoms with Crippen molar-refractivity contribution in [1.82, 2.24) is 20.1 Å². The number of fused-ring (bicyclic) bond motifs is 1. The lowest BCUT2D eigenvalue weighted by molar-refractivity contribution is 0.373. The molecule has 0 radical (unpaired) electrons. The first-order chi connectivity index (χ1) is 12.6. The Labute approximate surface area is 155 Å². The average Bonchev–Trinajstić information content (AvgIpc) is 3.33. The number of thioether (sulfide) groups is 1. The highest BCUT2D eigenvalue weighted by atomic mass is 32.2. The summed E-state index contributed by atoms with van der Waals surface area (Å²) in [5, 5.41) is 5.87.